The Labute approximate surface area is 88.9 Å². The number of ether oxygens (including phenoxy) is 2. The van der Waals surface area contributed by atoms with Crippen LogP contribution in [0.4, 0.5) is 0 Å². The Morgan fingerprint density at radius 1 is 1.40 bits per heavy atom. The zero-order chi connectivity index (χ0) is 10.9. The van der Waals surface area contributed by atoms with Crippen LogP contribution < -0.4 is 0 Å². The molecule has 4 heteroatoms. The molecule has 2 aliphatic rings. The average molecular weight is 212 g/mol. The second-order valence-electron chi connectivity index (χ2n) is 4.70. The highest BCUT2D eigenvalue weighted by Gasteiger charge is 2.46. The van der Waals surface area contributed by atoms with E-state index in [1.807, 2.05) is 6.92 Å². The lowest BCUT2D eigenvalue weighted by molar-refractivity contribution is -0.189. The zero-order valence-electron chi connectivity index (χ0n) is 8.95. The lowest BCUT2D eigenvalue weighted by Crippen LogP contribution is -2.48. The second kappa shape index (κ2) is 3.83. The average Bonchev–Trinajstić information content (AvgIpc) is 2.40. The van der Waals surface area contributed by atoms with Crippen molar-refractivity contribution >= 4 is 11.9 Å². The van der Waals surface area contributed by atoms with Crippen molar-refractivity contribution in [1.82, 2.24) is 0 Å². The Morgan fingerprint density at radius 3 is 2.80 bits per heavy atom. The molecule has 0 aromatic carbocycles. The first-order valence-corrected chi connectivity index (χ1v) is 5.47. The summed E-state index contributed by atoms with van der Waals surface area (Å²) >= 11 is 0. The third-order valence-corrected chi connectivity index (χ3v) is 3.15. The van der Waals surface area contributed by atoms with E-state index >= 15 is 0 Å². The number of carbonyl (C=O) groups excluding carboxylic acids is 2. The highest BCUT2D eigenvalue weighted by atomic mass is 16.6. The van der Waals surface area contributed by atoms with Crippen molar-refractivity contribution in [2.75, 3.05) is 6.61 Å². The third kappa shape index (κ3) is 2.13. The fourth-order valence-electron chi connectivity index (χ4n) is 2.11. The van der Waals surface area contributed by atoms with Gasteiger partial charge in [-0.25, -0.2) is 0 Å². The van der Waals surface area contributed by atoms with E-state index in [-0.39, 0.29) is 18.0 Å². The minimum Gasteiger partial charge on any atom is -0.464 e. The van der Waals surface area contributed by atoms with Crippen LogP contribution in [0.25, 0.3) is 0 Å². The quantitative estimate of drug-likeness (QED) is 0.650. The Balaban J connectivity index is 1.92. The Hall–Kier alpha value is -1.06. The van der Waals surface area contributed by atoms with Crippen LogP contribution in [0.15, 0.2) is 0 Å². The van der Waals surface area contributed by atoms with Crippen LogP contribution in [-0.2, 0) is 19.1 Å². The molecule has 2 rings (SSSR count). The van der Waals surface area contributed by atoms with Gasteiger partial charge in [0.05, 0.1) is 0 Å². The molecule has 2 atom stereocenters. The van der Waals surface area contributed by atoms with E-state index in [0.29, 0.717) is 19.4 Å². The molecule has 0 aromatic rings. The van der Waals surface area contributed by atoms with Crippen molar-refractivity contribution in [2.24, 2.45) is 5.41 Å². The summed E-state index contributed by atoms with van der Waals surface area (Å²) in [5.74, 6) is -0.295. The molecule has 0 aromatic heterocycles. The fourth-order valence-corrected chi connectivity index (χ4v) is 2.11. The molecule has 0 N–H and O–H groups in total. The molecule has 2 unspecified atom stereocenters. The molecule has 0 amide bonds. The topological polar surface area (TPSA) is 52.6 Å². The maximum Gasteiger partial charge on any atom is 0.315 e. The van der Waals surface area contributed by atoms with Gasteiger partial charge >= 0.3 is 11.9 Å². The van der Waals surface area contributed by atoms with Gasteiger partial charge in [0.1, 0.15) is 18.1 Å². The van der Waals surface area contributed by atoms with Gasteiger partial charge in [-0.1, -0.05) is 0 Å². The molecule has 2 aliphatic heterocycles. The predicted octanol–water partition coefficient (Wildman–Crippen LogP) is 1.43. The molecule has 2 saturated heterocycles. The largest absolute Gasteiger partial charge is 0.464 e. The van der Waals surface area contributed by atoms with Gasteiger partial charge in [0, 0.05) is 12.8 Å². The molecular weight excluding hydrogens is 196 g/mol. The smallest absolute Gasteiger partial charge is 0.315 e. The van der Waals surface area contributed by atoms with Gasteiger partial charge in [-0.2, -0.15) is 0 Å². The predicted molar refractivity (Wildman–Crippen MR) is 52.0 cm³/mol. The maximum absolute atomic E-state index is 11.2. The van der Waals surface area contributed by atoms with E-state index in [4.69, 9.17) is 9.47 Å². The summed E-state index contributed by atoms with van der Waals surface area (Å²) < 4.78 is 10.1. The number of carbonyl (C=O) groups is 2. The van der Waals surface area contributed by atoms with E-state index in [0.717, 1.165) is 19.3 Å². The minimum atomic E-state index is -0.421. The number of rotatable bonds is 2. The lowest BCUT2D eigenvalue weighted by Gasteiger charge is -2.37. The van der Waals surface area contributed by atoms with Crippen LogP contribution in [-0.4, -0.2) is 24.6 Å². The van der Waals surface area contributed by atoms with Crippen LogP contribution in [0, 0.1) is 5.41 Å². The summed E-state index contributed by atoms with van der Waals surface area (Å²) in [5, 5.41) is 0. The summed E-state index contributed by atoms with van der Waals surface area (Å²) in [6.45, 7) is 2.33. The van der Waals surface area contributed by atoms with Gasteiger partial charge in [-0.05, 0) is 26.2 Å². The Morgan fingerprint density at radius 2 is 2.20 bits per heavy atom. The molecule has 2 heterocycles. The van der Waals surface area contributed by atoms with Gasteiger partial charge in [0.2, 0.25) is 0 Å². The molecule has 0 bridgehead atoms. The molecule has 84 valence electrons. The molecule has 0 aliphatic carbocycles. The number of cyclic esters (lactones) is 2. The van der Waals surface area contributed by atoms with E-state index < -0.39 is 5.41 Å². The zero-order valence-corrected chi connectivity index (χ0v) is 8.95. The SMILES string of the molecule is CC1(CC2CCCCC(=O)O2)COC1=O. The first kappa shape index (κ1) is 10.5. The summed E-state index contributed by atoms with van der Waals surface area (Å²) in [4.78, 5) is 22.5. The summed E-state index contributed by atoms with van der Waals surface area (Å²) in [5.41, 5.74) is -0.421. The summed E-state index contributed by atoms with van der Waals surface area (Å²) in [7, 11) is 0. The van der Waals surface area contributed by atoms with Crippen molar-refractivity contribution in [1.29, 1.82) is 0 Å². The lowest BCUT2D eigenvalue weighted by atomic mass is 9.81. The molecule has 0 radical (unpaired) electrons. The molecule has 0 saturated carbocycles. The van der Waals surface area contributed by atoms with Crippen LogP contribution >= 0.6 is 0 Å². The van der Waals surface area contributed by atoms with Crippen molar-refractivity contribution in [3.05, 3.63) is 0 Å². The Bertz CT molecular complexity index is 286. The molecular formula is C11H16O4. The van der Waals surface area contributed by atoms with Crippen molar-refractivity contribution in [3.8, 4) is 0 Å². The van der Waals surface area contributed by atoms with Gasteiger partial charge in [-0.3, -0.25) is 9.59 Å². The first-order valence-electron chi connectivity index (χ1n) is 5.47. The summed E-state index contributed by atoms with van der Waals surface area (Å²) in [6.07, 6.45) is 3.79. The second-order valence-corrected chi connectivity index (χ2v) is 4.70. The minimum absolute atomic E-state index is 0.0992. The third-order valence-electron chi connectivity index (χ3n) is 3.15. The van der Waals surface area contributed by atoms with Gasteiger partial charge in [-0.15, -0.1) is 0 Å². The fraction of sp³-hybridized carbons (Fsp3) is 0.818. The van der Waals surface area contributed by atoms with Crippen LogP contribution in [0.2, 0.25) is 0 Å². The van der Waals surface area contributed by atoms with E-state index in [9.17, 15) is 9.59 Å². The number of hydrogen-bond donors (Lipinski definition) is 0. The van der Waals surface area contributed by atoms with Gasteiger partial charge in [0.15, 0.2) is 0 Å². The molecule has 2 fully saturated rings. The Kier molecular flexibility index (Phi) is 2.67. The molecule has 15 heavy (non-hydrogen) atoms. The van der Waals surface area contributed by atoms with Crippen LogP contribution in [0.5, 0.6) is 0 Å². The monoisotopic (exact) mass is 212 g/mol. The van der Waals surface area contributed by atoms with Crippen molar-refractivity contribution < 1.29 is 19.1 Å². The van der Waals surface area contributed by atoms with E-state index in [2.05, 4.69) is 0 Å². The van der Waals surface area contributed by atoms with Crippen molar-refractivity contribution in [3.63, 3.8) is 0 Å². The van der Waals surface area contributed by atoms with Gasteiger partial charge < -0.3 is 9.47 Å². The maximum atomic E-state index is 11.2. The highest BCUT2D eigenvalue weighted by molar-refractivity contribution is 5.81. The first-order chi connectivity index (χ1) is 7.10. The van der Waals surface area contributed by atoms with E-state index in [1.165, 1.54) is 0 Å². The normalized spacial score (nSPS) is 36.2. The molecule has 0 spiro atoms. The molecule has 4 nitrogen and oxygen atoms in total. The standard InChI is InChI=1S/C11H16O4/c1-11(7-14-10(11)13)6-8-4-2-3-5-9(12)15-8/h8H,2-7H2,1H3. The highest BCUT2D eigenvalue weighted by Crippen LogP contribution is 2.36. The van der Waals surface area contributed by atoms with Crippen LogP contribution in [0.1, 0.15) is 39.0 Å². The van der Waals surface area contributed by atoms with Crippen molar-refractivity contribution in [2.45, 2.75) is 45.1 Å². The number of hydrogen-bond acceptors (Lipinski definition) is 4. The van der Waals surface area contributed by atoms with E-state index in [1.54, 1.807) is 0 Å². The van der Waals surface area contributed by atoms with Gasteiger partial charge in [0.25, 0.3) is 0 Å². The van der Waals surface area contributed by atoms with Crippen LogP contribution in [0.3, 0.4) is 0 Å². The number of esters is 2. The summed E-state index contributed by atoms with van der Waals surface area (Å²) in [6, 6.07) is 0.